The van der Waals surface area contributed by atoms with Crippen molar-refractivity contribution in [3.63, 3.8) is 0 Å². The van der Waals surface area contributed by atoms with E-state index in [9.17, 15) is 4.79 Å². The topological polar surface area (TPSA) is 57.2 Å². The van der Waals surface area contributed by atoms with Gasteiger partial charge in [0.2, 0.25) is 0 Å². The summed E-state index contributed by atoms with van der Waals surface area (Å²) in [6.07, 6.45) is 1.81. The average molecular weight is 474 g/mol. The highest BCUT2D eigenvalue weighted by Gasteiger charge is 2.28. The van der Waals surface area contributed by atoms with Crippen molar-refractivity contribution in [1.82, 2.24) is 4.90 Å². The second-order valence-corrected chi connectivity index (χ2v) is 8.68. The van der Waals surface area contributed by atoms with Gasteiger partial charge < -0.3 is 18.9 Å². The number of rotatable bonds is 11. The summed E-state index contributed by atoms with van der Waals surface area (Å²) in [5, 5.41) is 0. The van der Waals surface area contributed by atoms with Crippen LogP contribution in [-0.2, 0) is 9.53 Å². The molecule has 0 saturated carbocycles. The van der Waals surface area contributed by atoms with Gasteiger partial charge in [-0.2, -0.15) is 0 Å². The number of likely N-dealkylation sites (N-methyl/N-ethyl adjacent to an activating group) is 1. The van der Waals surface area contributed by atoms with E-state index in [4.69, 9.17) is 31.2 Å². The number of carbonyl (C=O) groups is 1. The van der Waals surface area contributed by atoms with Crippen LogP contribution < -0.4 is 14.2 Å². The van der Waals surface area contributed by atoms with Crippen LogP contribution in [0.3, 0.4) is 0 Å². The lowest BCUT2D eigenvalue weighted by Crippen LogP contribution is -2.22. The zero-order valence-corrected chi connectivity index (χ0v) is 20.1. The predicted molar refractivity (Wildman–Crippen MR) is 132 cm³/mol. The Labute approximate surface area is 198 Å². The van der Waals surface area contributed by atoms with Crippen LogP contribution >= 0.6 is 24.0 Å². The van der Waals surface area contributed by atoms with E-state index in [1.165, 1.54) is 22.2 Å². The number of nitrogens with zero attached hydrogens (tertiary/aromatic N) is 1. The van der Waals surface area contributed by atoms with E-state index in [0.29, 0.717) is 53.8 Å². The number of aryl methyl sites for hydroxylation is 1. The molecule has 1 heterocycles. The largest absolute Gasteiger partial charge is 0.491 e. The van der Waals surface area contributed by atoms with E-state index in [1.54, 1.807) is 7.05 Å². The van der Waals surface area contributed by atoms with Crippen LogP contribution in [0, 0.1) is 6.92 Å². The number of hydrogen-bond donors (Lipinski definition) is 0. The van der Waals surface area contributed by atoms with Crippen molar-refractivity contribution in [3.05, 3.63) is 58.5 Å². The maximum Gasteiger partial charge on any atom is 0.265 e. The molecule has 0 aromatic heterocycles. The van der Waals surface area contributed by atoms with Crippen molar-refractivity contribution in [2.75, 3.05) is 40.1 Å². The fourth-order valence-corrected chi connectivity index (χ4v) is 4.04. The first kappa shape index (κ1) is 24.1. The molecular weight excluding hydrogens is 446 g/mol. The van der Waals surface area contributed by atoms with Crippen LogP contribution in [0.15, 0.2) is 47.4 Å². The van der Waals surface area contributed by atoms with Gasteiger partial charge in [-0.15, -0.1) is 0 Å². The van der Waals surface area contributed by atoms with Crippen molar-refractivity contribution in [2.45, 2.75) is 13.8 Å². The second-order valence-electron chi connectivity index (χ2n) is 7.00. The Morgan fingerprint density at radius 3 is 2.34 bits per heavy atom. The van der Waals surface area contributed by atoms with Gasteiger partial charge in [-0.25, -0.2) is 0 Å². The highest BCUT2D eigenvalue weighted by atomic mass is 32.2. The van der Waals surface area contributed by atoms with Crippen molar-refractivity contribution in [2.24, 2.45) is 0 Å². The molecule has 6 nitrogen and oxygen atoms in total. The first-order chi connectivity index (χ1) is 15.5. The van der Waals surface area contributed by atoms with Gasteiger partial charge in [-0.3, -0.25) is 9.69 Å². The van der Waals surface area contributed by atoms with Crippen LogP contribution in [-0.4, -0.2) is 55.2 Å². The molecule has 170 valence electrons. The van der Waals surface area contributed by atoms with E-state index in [-0.39, 0.29) is 5.91 Å². The smallest absolute Gasteiger partial charge is 0.265 e. The van der Waals surface area contributed by atoms with Gasteiger partial charge >= 0.3 is 0 Å². The van der Waals surface area contributed by atoms with E-state index < -0.39 is 0 Å². The van der Waals surface area contributed by atoms with Crippen molar-refractivity contribution >= 4 is 40.3 Å². The normalized spacial score (nSPS) is 14.8. The van der Waals surface area contributed by atoms with Gasteiger partial charge in [-0.05, 0) is 49.8 Å². The standard InChI is InChI=1S/C24H27NO5S2/c1-4-28-21-15-18(16-22-23(26)25(3)24(31)32-22)7-10-20(21)30-14-12-27-11-13-29-19-8-5-17(2)6-9-19/h5-10,15-16H,4,11-14H2,1-3H3. The zero-order chi connectivity index (χ0) is 22.9. The molecule has 1 fully saturated rings. The highest BCUT2D eigenvalue weighted by molar-refractivity contribution is 8.26. The fourth-order valence-electron chi connectivity index (χ4n) is 2.86. The minimum Gasteiger partial charge on any atom is -0.491 e. The molecule has 1 aliphatic heterocycles. The third-order valence-corrected chi connectivity index (χ3v) is 6.04. The minimum absolute atomic E-state index is 0.0956. The maximum absolute atomic E-state index is 12.2. The number of thiocarbonyl (C=S) groups is 1. The van der Waals surface area contributed by atoms with Crippen molar-refractivity contribution in [3.8, 4) is 17.2 Å². The molecule has 0 aliphatic carbocycles. The molecule has 32 heavy (non-hydrogen) atoms. The molecule has 8 heteroatoms. The Balaban J connectivity index is 1.47. The summed E-state index contributed by atoms with van der Waals surface area (Å²) in [5.41, 5.74) is 2.05. The lowest BCUT2D eigenvalue weighted by atomic mass is 10.2. The van der Waals surface area contributed by atoms with E-state index >= 15 is 0 Å². The Bertz CT molecular complexity index is 975. The van der Waals surface area contributed by atoms with Crippen LogP contribution in [0.25, 0.3) is 6.08 Å². The number of amides is 1. The molecule has 3 rings (SSSR count). The van der Waals surface area contributed by atoms with E-state index in [1.807, 2.05) is 62.4 Å². The molecule has 0 unspecified atom stereocenters. The lowest BCUT2D eigenvalue weighted by Gasteiger charge is -2.13. The van der Waals surface area contributed by atoms with E-state index in [0.717, 1.165) is 11.3 Å². The summed E-state index contributed by atoms with van der Waals surface area (Å²) in [6, 6.07) is 13.5. The molecule has 0 atom stereocenters. The molecular formula is C24H27NO5S2. The number of benzene rings is 2. The number of carbonyl (C=O) groups excluding carboxylic acids is 1. The number of ether oxygens (including phenoxy) is 4. The zero-order valence-electron chi connectivity index (χ0n) is 18.5. The van der Waals surface area contributed by atoms with Crippen LogP contribution in [0.5, 0.6) is 17.2 Å². The summed E-state index contributed by atoms with van der Waals surface area (Å²) in [6.45, 7) is 6.23. The molecule has 0 N–H and O–H groups in total. The van der Waals surface area contributed by atoms with Gasteiger partial charge in [0.05, 0.1) is 24.7 Å². The van der Waals surface area contributed by atoms with Crippen LogP contribution in [0.1, 0.15) is 18.1 Å². The van der Waals surface area contributed by atoms with Crippen LogP contribution in [0.4, 0.5) is 0 Å². The number of hydrogen-bond acceptors (Lipinski definition) is 7. The molecule has 0 radical (unpaired) electrons. The summed E-state index contributed by atoms with van der Waals surface area (Å²) >= 11 is 6.47. The lowest BCUT2D eigenvalue weighted by molar-refractivity contribution is -0.121. The molecule has 1 amide bonds. The summed E-state index contributed by atoms with van der Waals surface area (Å²) in [7, 11) is 1.68. The maximum atomic E-state index is 12.2. The predicted octanol–water partition coefficient (Wildman–Crippen LogP) is 4.70. The quantitative estimate of drug-likeness (QED) is 0.266. The molecule has 1 aliphatic rings. The Morgan fingerprint density at radius 1 is 0.969 bits per heavy atom. The molecule has 2 aromatic rings. The number of thioether (sulfide) groups is 1. The molecule has 0 bridgehead atoms. The summed E-state index contributed by atoms with van der Waals surface area (Å²) < 4.78 is 23.3. The average Bonchev–Trinajstić information content (AvgIpc) is 3.02. The fraction of sp³-hybridized carbons (Fsp3) is 0.333. The summed E-state index contributed by atoms with van der Waals surface area (Å²) in [5.74, 6) is 1.99. The SMILES string of the molecule is CCOc1cc(C=C2SC(=S)N(C)C2=O)ccc1OCCOCCOc1ccc(C)cc1. The van der Waals surface area contributed by atoms with Crippen LogP contribution in [0.2, 0.25) is 0 Å². The van der Waals surface area contributed by atoms with Gasteiger partial charge in [0.25, 0.3) is 5.91 Å². The monoisotopic (exact) mass is 473 g/mol. The van der Waals surface area contributed by atoms with Crippen molar-refractivity contribution < 1.29 is 23.7 Å². The van der Waals surface area contributed by atoms with Crippen molar-refractivity contribution in [1.29, 1.82) is 0 Å². The Hall–Kier alpha value is -2.55. The highest BCUT2D eigenvalue weighted by Crippen LogP contribution is 2.34. The first-order valence-electron chi connectivity index (χ1n) is 10.4. The second kappa shape index (κ2) is 11.9. The first-order valence-corrected chi connectivity index (χ1v) is 11.6. The van der Waals surface area contributed by atoms with Gasteiger partial charge in [-0.1, -0.05) is 47.7 Å². The van der Waals surface area contributed by atoms with Gasteiger partial charge in [0.15, 0.2) is 11.5 Å². The molecule has 1 saturated heterocycles. The van der Waals surface area contributed by atoms with E-state index in [2.05, 4.69) is 0 Å². The Morgan fingerprint density at radius 2 is 1.69 bits per heavy atom. The Kier molecular flexibility index (Phi) is 8.96. The third-order valence-electron chi connectivity index (χ3n) is 4.55. The minimum atomic E-state index is -0.0956. The van der Waals surface area contributed by atoms with Gasteiger partial charge in [0.1, 0.15) is 23.3 Å². The molecule has 2 aromatic carbocycles. The van der Waals surface area contributed by atoms with Gasteiger partial charge in [0, 0.05) is 7.05 Å². The molecule has 0 spiro atoms. The third kappa shape index (κ3) is 6.72. The summed E-state index contributed by atoms with van der Waals surface area (Å²) in [4.78, 5) is 14.3.